The second-order valence-electron chi connectivity index (χ2n) is 8.32. The Bertz CT molecular complexity index is 1100. The Balaban J connectivity index is 1.33. The van der Waals surface area contributed by atoms with Crippen LogP contribution in [0.25, 0.3) is 0 Å². The minimum absolute atomic E-state index is 0.0190. The molecule has 0 saturated carbocycles. The number of hydrogen-bond donors (Lipinski definition) is 2. The highest BCUT2D eigenvalue weighted by Crippen LogP contribution is 2.28. The van der Waals surface area contributed by atoms with E-state index in [1.807, 2.05) is 37.3 Å². The van der Waals surface area contributed by atoms with Crippen LogP contribution >= 0.6 is 0 Å². The summed E-state index contributed by atoms with van der Waals surface area (Å²) in [4.78, 5) is 27.9. The summed E-state index contributed by atoms with van der Waals surface area (Å²) in [7, 11) is 0. The molecule has 1 aliphatic heterocycles. The number of nitrogens with zero attached hydrogens (tertiary/aromatic N) is 4. The van der Waals surface area contributed by atoms with Crippen LogP contribution in [0, 0.1) is 12.7 Å². The van der Waals surface area contributed by atoms with E-state index in [0.29, 0.717) is 29.9 Å². The molecular formula is C25H29FN6O. The summed E-state index contributed by atoms with van der Waals surface area (Å²) in [5.41, 5.74) is 3.02. The van der Waals surface area contributed by atoms with Gasteiger partial charge in [0.1, 0.15) is 23.3 Å². The summed E-state index contributed by atoms with van der Waals surface area (Å²) in [5.74, 6) is 1.79. The standard InChI is InChI=1S/C25H29FN6O/c1-3-18-6-4-5-7-21(18)30-25(33)16-32-12-10-19(11-13-32)22-14-24(29-17(2)28-22)31-23-9-8-20(26)15-27-23/h4-9,14-15,19H,3,10-13,16H2,1-2H3,(H,30,33)(H,27,28,29,31). The molecule has 2 N–H and O–H groups in total. The van der Waals surface area contributed by atoms with Crippen molar-refractivity contribution in [3.63, 3.8) is 0 Å². The molecule has 0 spiro atoms. The quantitative estimate of drug-likeness (QED) is 0.556. The van der Waals surface area contributed by atoms with Crippen molar-refractivity contribution in [3.8, 4) is 0 Å². The number of aryl methyl sites for hydroxylation is 2. The summed E-state index contributed by atoms with van der Waals surface area (Å²) < 4.78 is 13.1. The van der Waals surface area contributed by atoms with Crippen molar-refractivity contribution in [2.75, 3.05) is 30.3 Å². The zero-order valence-corrected chi connectivity index (χ0v) is 19.0. The van der Waals surface area contributed by atoms with Gasteiger partial charge in [-0.05, 0) is 63.0 Å². The van der Waals surface area contributed by atoms with Crippen molar-refractivity contribution in [1.29, 1.82) is 0 Å². The van der Waals surface area contributed by atoms with E-state index in [1.54, 1.807) is 6.07 Å². The number of benzene rings is 1. The number of pyridine rings is 1. The summed E-state index contributed by atoms with van der Waals surface area (Å²) in [6.07, 6.45) is 3.89. The normalized spacial score (nSPS) is 14.8. The molecule has 4 rings (SSSR count). The molecule has 1 saturated heterocycles. The number of amides is 1. The highest BCUT2D eigenvalue weighted by Gasteiger charge is 2.24. The lowest BCUT2D eigenvalue weighted by atomic mass is 9.93. The third-order valence-electron chi connectivity index (χ3n) is 5.89. The zero-order chi connectivity index (χ0) is 23.2. The number of rotatable bonds is 7. The maximum Gasteiger partial charge on any atom is 0.238 e. The number of hydrogen-bond acceptors (Lipinski definition) is 6. The van der Waals surface area contributed by atoms with Gasteiger partial charge in [-0.25, -0.2) is 19.3 Å². The van der Waals surface area contributed by atoms with Crippen LogP contribution in [0.4, 0.5) is 21.7 Å². The summed E-state index contributed by atoms with van der Waals surface area (Å²) in [5, 5.41) is 6.18. The van der Waals surface area contributed by atoms with Gasteiger partial charge in [0.25, 0.3) is 0 Å². The monoisotopic (exact) mass is 448 g/mol. The van der Waals surface area contributed by atoms with Crippen LogP contribution in [0.3, 0.4) is 0 Å². The van der Waals surface area contributed by atoms with Gasteiger partial charge in [-0.3, -0.25) is 9.69 Å². The molecule has 3 aromatic rings. The van der Waals surface area contributed by atoms with Gasteiger partial charge >= 0.3 is 0 Å². The maximum absolute atomic E-state index is 13.1. The average molecular weight is 449 g/mol. The van der Waals surface area contributed by atoms with E-state index in [9.17, 15) is 9.18 Å². The summed E-state index contributed by atoms with van der Waals surface area (Å²) >= 11 is 0. The van der Waals surface area contributed by atoms with E-state index < -0.39 is 0 Å². The minimum Gasteiger partial charge on any atom is -0.325 e. The minimum atomic E-state index is -0.380. The lowest BCUT2D eigenvalue weighted by Crippen LogP contribution is -2.39. The maximum atomic E-state index is 13.1. The first-order valence-electron chi connectivity index (χ1n) is 11.3. The highest BCUT2D eigenvalue weighted by atomic mass is 19.1. The zero-order valence-electron chi connectivity index (χ0n) is 19.0. The molecule has 0 radical (unpaired) electrons. The fourth-order valence-corrected chi connectivity index (χ4v) is 4.18. The number of aromatic nitrogens is 3. The molecule has 0 bridgehead atoms. The molecule has 2 aromatic heterocycles. The van der Waals surface area contributed by atoms with E-state index in [1.165, 1.54) is 12.3 Å². The Hall–Kier alpha value is -3.39. The average Bonchev–Trinajstić information content (AvgIpc) is 2.81. The molecule has 0 atom stereocenters. The van der Waals surface area contributed by atoms with Gasteiger partial charge in [0.15, 0.2) is 0 Å². The molecule has 33 heavy (non-hydrogen) atoms. The predicted octanol–water partition coefficient (Wildman–Crippen LogP) is 4.44. The van der Waals surface area contributed by atoms with Gasteiger partial charge < -0.3 is 10.6 Å². The Morgan fingerprint density at radius 3 is 2.64 bits per heavy atom. The molecule has 1 fully saturated rings. The summed E-state index contributed by atoms with van der Waals surface area (Å²) in [6.45, 7) is 6.00. The Labute approximate surface area is 193 Å². The molecule has 1 aromatic carbocycles. The van der Waals surface area contributed by atoms with Gasteiger partial charge in [-0.1, -0.05) is 25.1 Å². The number of carbonyl (C=O) groups is 1. The van der Waals surface area contributed by atoms with Crippen molar-refractivity contribution < 1.29 is 9.18 Å². The van der Waals surface area contributed by atoms with Crippen molar-refractivity contribution >= 4 is 23.2 Å². The first kappa shape index (κ1) is 22.8. The molecule has 7 nitrogen and oxygen atoms in total. The number of likely N-dealkylation sites (tertiary alicyclic amines) is 1. The molecule has 0 unspecified atom stereocenters. The Kier molecular flexibility index (Phi) is 7.24. The smallest absolute Gasteiger partial charge is 0.238 e. The third-order valence-corrected chi connectivity index (χ3v) is 5.89. The Morgan fingerprint density at radius 2 is 1.91 bits per heavy atom. The van der Waals surface area contributed by atoms with Crippen molar-refractivity contribution in [2.45, 2.75) is 39.0 Å². The third kappa shape index (κ3) is 6.10. The van der Waals surface area contributed by atoms with Crippen molar-refractivity contribution in [2.24, 2.45) is 0 Å². The fraction of sp³-hybridized carbons (Fsp3) is 0.360. The van der Waals surface area contributed by atoms with Crippen molar-refractivity contribution in [1.82, 2.24) is 19.9 Å². The molecule has 1 aliphatic rings. The number of para-hydroxylation sites is 1. The molecule has 0 aliphatic carbocycles. The van der Waals surface area contributed by atoms with Gasteiger partial charge in [-0.15, -0.1) is 0 Å². The van der Waals surface area contributed by atoms with E-state index in [4.69, 9.17) is 0 Å². The van der Waals surface area contributed by atoms with E-state index in [0.717, 1.165) is 49.3 Å². The van der Waals surface area contributed by atoms with E-state index in [2.05, 4.69) is 37.4 Å². The van der Waals surface area contributed by atoms with Crippen LogP contribution in [0.5, 0.6) is 0 Å². The number of nitrogens with one attached hydrogen (secondary N) is 2. The lowest BCUT2D eigenvalue weighted by molar-refractivity contribution is -0.117. The van der Waals surface area contributed by atoms with Gasteiger partial charge in [-0.2, -0.15) is 0 Å². The highest BCUT2D eigenvalue weighted by molar-refractivity contribution is 5.93. The first-order chi connectivity index (χ1) is 16.0. The van der Waals surface area contributed by atoms with E-state index in [-0.39, 0.29) is 11.7 Å². The predicted molar refractivity (Wildman–Crippen MR) is 127 cm³/mol. The molecule has 3 heterocycles. The summed E-state index contributed by atoms with van der Waals surface area (Å²) in [6, 6.07) is 12.8. The molecular weight excluding hydrogens is 419 g/mol. The van der Waals surface area contributed by atoms with Crippen molar-refractivity contribution in [3.05, 3.63) is 71.6 Å². The van der Waals surface area contributed by atoms with E-state index >= 15 is 0 Å². The van der Waals surface area contributed by atoms with Crippen LogP contribution in [0.1, 0.15) is 42.8 Å². The topological polar surface area (TPSA) is 83.0 Å². The number of anilines is 3. The number of carbonyl (C=O) groups excluding carboxylic acids is 1. The Morgan fingerprint density at radius 1 is 1.12 bits per heavy atom. The number of piperidine rings is 1. The number of halogens is 1. The molecule has 172 valence electrons. The van der Waals surface area contributed by atoms with Gasteiger partial charge in [0, 0.05) is 23.4 Å². The van der Waals surface area contributed by atoms with Crippen LogP contribution in [-0.4, -0.2) is 45.4 Å². The second kappa shape index (κ2) is 10.5. The van der Waals surface area contributed by atoms with Crippen LogP contribution < -0.4 is 10.6 Å². The molecule has 8 heteroatoms. The van der Waals surface area contributed by atoms with Crippen LogP contribution in [0.15, 0.2) is 48.7 Å². The molecule has 1 amide bonds. The SMILES string of the molecule is CCc1ccccc1NC(=O)CN1CCC(c2cc(Nc3ccc(F)cn3)nc(C)n2)CC1. The van der Waals surface area contributed by atoms with Crippen LogP contribution in [-0.2, 0) is 11.2 Å². The first-order valence-corrected chi connectivity index (χ1v) is 11.3. The van der Waals surface area contributed by atoms with Gasteiger partial charge in [0.05, 0.1) is 12.7 Å². The van der Waals surface area contributed by atoms with Gasteiger partial charge in [0.2, 0.25) is 5.91 Å². The second-order valence-corrected chi connectivity index (χ2v) is 8.32. The largest absolute Gasteiger partial charge is 0.325 e. The van der Waals surface area contributed by atoms with Crippen LogP contribution in [0.2, 0.25) is 0 Å². The fourth-order valence-electron chi connectivity index (χ4n) is 4.18. The lowest BCUT2D eigenvalue weighted by Gasteiger charge is -2.31.